The molecule has 2 saturated heterocycles. The number of hydrogen-bond donors (Lipinski definition) is 0. The van der Waals surface area contributed by atoms with Gasteiger partial charge in [0.05, 0.1) is 19.3 Å². The number of piperidine rings is 1. The van der Waals surface area contributed by atoms with Crippen molar-refractivity contribution in [1.29, 1.82) is 0 Å². The van der Waals surface area contributed by atoms with E-state index in [0.29, 0.717) is 19.8 Å². The van der Waals surface area contributed by atoms with Crippen LogP contribution in [0.15, 0.2) is 60.7 Å². The Balaban J connectivity index is 1.48. The molecule has 0 spiro atoms. The highest BCUT2D eigenvalue weighted by Gasteiger charge is 2.36. The van der Waals surface area contributed by atoms with Crippen molar-refractivity contribution in [2.75, 3.05) is 19.8 Å². The highest BCUT2D eigenvalue weighted by molar-refractivity contribution is 5.89. The first-order valence-electron chi connectivity index (χ1n) is 10.5. The molecule has 0 bridgehead atoms. The van der Waals surface area contributed by atoms with Gasteiger partial charge in [0, 0.05) is 23.1 Å². The Morgan fingerprint density at radius 2 is 1.72 bits per heavy atom. The zero-order chi connectivity index (χ0) is 19.6. The highest BCUT2D eigenvalue weighted by Crippen LogP contribution is 2.30. The molecule has 1 amide bonds. The van der Waals surface area contributed by atoms with Gasteiger partial charge < -0.3 is 18.9 Å². The highest BCUT2D eigenvalue weighted by atomic mass is 16.7. The minimum absolute atomic E-state index is 0.0146. The third-order valence-corrected chi connectivity index (χ3v) is 6.00. The van der Waals surface area contributed by atoms with Gasteiger partial charge in [0.1, 0.15) is 6.54 Å². The van der Waals surface area contributed by atoms with E-state index in [1.807, 2.05) is 35.2 Å². The average molecular weight is 390 g/mol. The second kappa shape index (κ2) is 8.01. The van der Waals surface area contributed by atoms with Crippen LogP contribution in [0.4, 0.5) is 0 Å². The Morgan fingerprint density at radius 1 is 0.966 bits per heavy atom. The second-order valence-electron chi connectivity index (χ2n) is 7.80. The van der Waals surface area contributed by atoms with E-state index in [0.717, 1.165) is 48.0 Å². The molecule has 1 atom stereocenters. The van der Waals surface area contributed by atoms with Crippen molar-refractivity contribution in [3.05, 3.63) is 60.7 Å². The molecular formula is C24H26N2O3. The van der Waals surface area contributed by atoms with E-state index in [4.69, 9.17) is 9.47 Å². The number of carbonyl (C=O) groups excluding carboxylic acids is 1. The number of hydrogen-bond acceptors (Lipinski definition) is 3. The maximum absolute atomic E-state index is 13.5. The van der Waals surface area contributed by atoms with Crippen LogP contribution in [0.1, 0.15) is 19.3 Å². The maximum Gasteiger partial charge on any atom is 0.242 e. The molecule has 3 heterocycles. The van der Waals surface area contributed by atoms with Gasteiger partial charge >= 0.3 is 0 Å². The summed E-state index contributed by atoms with van der Waals surface area (Å²) in [4.78, 5) is 15.4. The van der Waals surface area contributed by atoms with Crippen molar-refractivity contribution in [1.82, 2.24) is 9.47 Å². The number of carbonyl (C=O) groups is 1. The minimum Gasteiger partial charge on any atom is -0.348 e. The molecule has 29 heavy (non-hydrogen) atoms. The number of fused-ring (bicyclic) bond motifs is 1. The van der Waals surface area contributed by atoms with Crippen LogP contribution in [0, 0.1) is 0 Å². The summed E-state index contributed by atoms with van der Waals surface area (Å²) in [6, 6.07) is 20.7. The van der Waals surface area contributed by atoms with Gasteiger partial charge in [-0.25, -0.2) is 0 Å². The lowest BCUT2D eigenvalue weighted by Gasteiger charge is -2.38. The fourth-order valence-electron chi connectivity index (χ4n) is 4.60. The van der Waals surface area contributed by atoms with Gasteiger partial charge in [-0.3, -0.25) is 4.79 Å². The Bertz CT molecular complexity index is 992. The fraction of sp³-hybridized carbons (Fsp3) is 0.375. The van der Waals surface area contributed by atoms with E-state index in [2.05, 4.69) is 34.9 Å². The molecule has 150 valence electrons. The van der Waals surface area contributed by atoms with Crippen LogP contribution in [-0.4, -0.2) is 47.5 Å². The molecule has 2 aliphatic rings. The van der Waals surface area contributed by atoms with Gasteiger partial charge in [0.2, 0.25) is 5.91 Å². The van der Waals surface area contributed by atoms with Gasteiger partial charge in [-0.05, 0) is 37.0 Å². The molecule has 2 aromatic carbocycles. The zero-order valence-electron chi connectivity index (χ0n) is 16.5. The third-order valence-electron chi connectivity index (χ3n) is 6.00. The van der Waals surface area contributed by atoms with E-state index in [1.165, 1.54) is 0 Å². The van der Waals surface area contributed by atoms with Gasteiger partial charge in [0.25, 0.3) is 0 Å². The zero-order valence-corrected chi connectivity index (χ0v) is 16.5. The van der Waals surface area contributed by atoms with Crippen LogP contribution < -0.4 is 0 Å². The number of benzene rings is 2. The van der Waals surface area contributed by atoms with Crippen molar-refractivity contribution in [2.45, 2.75) is 38.1 Å². The van der Waals surface area contributed by atoms with Crippen LogP contribution in [0.25, 0.3) is 22.2 Å². The molecule has 0 N–H and O–H groups in total. The summed E-state index contributed by atoms with van der Waals surface area (Å²) in [6.07, 6.45) is 2.80. The van der Waals surface area contributed by atoms with Crippen molar-refractivity contribution >= 4 is 16.8 Å². The molecule has 1 unspecified atom stereocenters. The van der Waals surface area contributed by atoms with Crippen molar-refractivity contribution in [2.24, 2.45) is 0 Å². The molecule has 0 aliphatic carbocycles. The molecule has 1 aromatic heterocycles. The van der Waals surface area contributed by atoms with Gasteiger partial charge in [-0.1, -0.05) is 48.5 Å². The lowest BCUT2D eigenvalue weighted by atomic mass is 10.0. The summed E-state index contributed by atoms with van der Waals surface area (Å²) < 4.78 is 13.6. The third kappa shape index (κ3) is 3.56. The fourth-order valence-corrected chi connectivity index (χ4v) is 4.60. The van der Waals surface area contributed by atoms with Gasteiger partial charge in [-0.15, -0.1) is 0 Å². The average Bonchev–Trinajstić information content (AvgIpc) is 3.43. The molecule has 5 nitrogen and oxygen atoms in total. The monoisotopic (exact) mass is 390 g/mol. The molecule has 5 heteroatoms. The van der Waals surface area contributed by atoms with E-state index < -0.39 is 0 Å². The van der Waals surface area contributed by atoms with Crippen LogP contribution in [0.5, 0.6) is 0 Å². The summed E-state index contributed by atoms with van der Waals surface area (Å²) in [6.45, 7) is 2.32. The molecule has 5 rings (SSSR count). The predicted molar refractivity (Wildman–Crippen MR) is 112 cm³/mol. The molecule has 3 aromatic rings. The van der Waals surface area contributed by atoms with Crippen LogP contribution in [0.2, 0.25) is 0 Å². The van der Waals surface area contributed by atoms with Crippen molar-refractivity contribution < 1.29 is 14.3 Å². The largest absolute Gasteiger partial charge is 0.348 e. The quantitative estimate of drug-likeness (QED) is 0.675. The van der Waals surface area contributed by atoms with E-state index in [9.17, 15) is 4.79 Å². The van der Waals surface area contributed by atoms with Crippen molar-refractivity contribution in [3.63, 3.8) is 0 Å². The van der Waals surface area contributed by atoms with Gasteiger partial charge in [-0.2, -0.15) is 0 Å². The van der Waals surface area contributed by atoms with E-state index in [-0.39, 0.29) is 18.2 Å². The van der Waals surface area contributed by atoms with Crippen molar-refractivity contribution in [3.8, 4) is 11.3 Å². The molecule has 0 saturated carbocycles. The summed E-state index contributed by atoms with van der Waals surface area (Å²) in [5.74, 6) is 0.132. The summed E-state index contributed by atoms with van der Waals surface area (Å²) in [7, 11) is 0. The lowest BCUT2D eigenvalue weighted by Crippen LogP contribution is -2.51. The Labute approximate surface area is 170 Å². The Morgan fingerprint density at radius 3 is 2.55 bits per heavy atom. The smallest absolute Gasteiger partial charge is 0.242 e. The van der Waals surface area contributed by atoms with E-state index >= 15 is 0 Å². The number of nitrogens with zero attached hydrogens (tertiary/aromatic N) is 2. The summed E-state index contributed by atoms with van der Waals surface area (Å²) in [5.41, 5.74) is 3.28. The standard InChI is InChI=1S/C24H26N2O3/c27-23(25-13-7-6-12-21(25)24-28-14-15-29-24)17-26-20-11-5-4-10-19(20)16-22(26)18-8-2-1-3-9-18/h1-5,8-11,16,21,24H,6-7,12-15,17H2. The normalized spacial score (nSPS) is 20.4. The van der Waals surface area contributed by atoms with Crippen LogP contribution >= 0.6 is 0 Å². The molecular weight excluding hydrogens is 364 g/mol. The first-order valence-corrected chi connectivity index (χ1v) is 10.5. The second-order valence-corrected chi connectivity index (χ2v) is 7.80. The number of aromatic nitrogens is 1. The molecule has 2 aliphatic heterocycles. The van der Waals surface area contributed by atoms with Crippen LogP contribution in [0.3, 0.4) is 0 Å². The Hall–Kier alpha value is -2.63. The number of likely N-dealkylation sites (tertiary alicyclic amines) is 1. The number of ether oxygens (including phenoxy) is 2. The molecule has 0 radical (unpaired) electrons. The number of amides is 1. The topological polar surface area (TPSA) is 43.7 Å². The first kappa shape index (κ1) is 18.4. The Kier molecular flexibility index (Phi) is 5.08. The number of para-hydroxylation sites is 1. The van der Waals surface area contributed by atoms with E-state index in [1.54, 1.807) is 0 Å². The lowest BCUT2D eigenvalue weighted by molar-refractivity contribution is -0.151. The van der Waals surface area contributed by atoms with Gasteiger partial charge in [0.15, 0.2) is 6.29 Å². The molecule has 2 fully saturated rings. The minimum atomic E-state index is -0.283. The SMILES string of the molecule is O=C(Cn1c(-c2ccccc2)cc2ccccc21)N1CCCCC1C1OCCO1. The van der Waals surface area contributed by atoms with Crippen LogP contribution in [-0.2, 0) is 20.8 Å². The first-order chi connectivity index (χ1) is 14.3. The summed E-state index contributed by atoms with van der Waals surface area (Å²) >= 11 is 0. The summed E-state index contributed by atoms with van der Waals surface area (Å²) in [5, 5.41) is 1.15. The predicted octanol–water partition coefficient (Wildman–Crippen LogP) is 4.06. The number of rotatable bonds is 4. The maximum atomic E-state index is 13.5.